The van der Waals surface area contributed by atoms with Gasteiger partial charge in [-0.05, 0) is 43.5 Å². The molecule has 1 fully saturated rings. The summed E-state index contributed by atoms with van der Waals surface area (Å²) in [7, 11) is 1.87. The number of amides is 1. The van der Waals surface area contributed by atoms with E-state index in [-0.39, 0.29) is 30.6 Å². The van der Waals surface area contributed by atoms with E-state index in [0.29, 0.717) is 16.6 Å². The van der Waals surface area contributed by atoms with Crippen LogP contribution in [0, 0.1) is 0 Å². The summed E-state index contributed by atoms with van der Waals surface area (Å²) < 4.78 is 0. The molecule has 25 heavy (non-hydrogen) atoms. The molecule has 1 aliphatic rings. The van der Waals surface area contributed by atoms with Gasteiger partial charge in [-0.3, -0.25) is 14.5 Å². The third-order valence-electron chi connectivity index (χ3n) is 5.33. The number of likely N-dealkylation sites (N-methyl/N-ethyl adjacent to an activating group) is 1. The first-order valence-corrected chi connectivity index (χ1v) is 9.62. The zero-order valence-electron chi connectivity index (χ0n) is 15.5. The molecule has 0 saturated carbocycles. The Balaban J connectivity index is 1.82. The highest BCUT2D eigenvalue weighted by Gasteiger charge is 2.30. The first kappa shape index (κ1) is 19.9. The van der Waals surface area contributed by atoms with Crippen molar-refractivity contribution in [3.8, 4) is 0 Å². The van der Waals surface area contributed by atoms with Crippen LogP contribution in [0.5, 0.6) is 0 Å². The molecular weight excluding hydrogens is 336 g/mol. The van der Waals surface area contributed by atoms with Crippen LogP contribution in [0.25, 0.3) is 0 Å². The maximum absolute atomic E-state index is 12.5. The Kier molecular flexibility index (Phi) is 7.45. The quantitative estimate of drug-likeness (QED) is 0.654. The highest BCUT2D eigenvalue weighted by molar-refractivity contribution is 6.30. The van der Waals surface area contributed by atoms with Crippen molar-refractivity contribution in [3.05, 3.63) is 34.9 Å². The Hall–Kier alpha value is -1.39. The van der Waals surface area contributed by atoms with Gasteiger partial charge in [0.05, 0.1) is 0 Å². The normalized spacial score (nSPS) is 17.9. The van der Waals surface area contributed by atoms with Crippen LogP contribution < -0.4 is 0 Å². The Labute approximate surface area is 156 Å². The van der Waals surface area contributed by atoms with Crippen molar-refractivity contribution in [1.82, 2.24) is 9.80 Å². The number of nitrogens with zero attached hydrogens (tertiary/aromatic N) is 2. The molecule has 1 aliphatic heterocycles. The fraction of sp³-hybridized carbons (Fsp3) is 0.600. The zero-order valence-corrected chi connectivity index (χ0v) is 16.3. The van der Waals surface area contributed by atoms with Crippen molar-refractivity contribution in [1.29, 1.82) is 0 Å². The van der Waals surface area contributed by atoms with Crippen molar-refractivity contribution in [3.63, 3.8) is 0 Å². The number of halogens is 1. The van der Waals surface area contributed by atoms with Crippen molar-refractivity contribution in [2.24, 2.45) is 0 Å². The summed E-state index contributed by atoms with van der Waals surface area (Å²) in [5.74, 6) is 0.0437. The molecule has 0 aromatic heterocycles. The van der Waals surface area contributed by atoms with Crippen LogP contribution in [0.1, 0.15) is 56.3 Å². The van der Waals surface area contributed by atoms with E-state index in [1.54, 1.807) is 24.3 Å². The minimum absolute atomic E-state index is 0.0107. The smallest absolute Gasteiger partial charge is 0.223 e. The lowest BCUT2D eigenvalue weighted by Gasteiger charge is -2.28. The van der Waals surface area contributed by atoms with Gasteiger partial charge in [0.25, 0.3) is 0 Å². The number of Topliss-reactive ketones (excluding diaryl/α,β-unsaturated/α-hetero) is 1. The van der Waals surface area contributed by atoms with Crippen LogP contribution >= 0.6 is 11.6 Å². The second-order valence-corrected chi connectivity index (χ2v) is 7.28. The zero-order chi connectivity index (χ0) is 18.4. The molecular formula is C20H29ClN2O2. The SMILES string of the molecule is CCC(CC)N1CCC(N(C)C(=O)CCC(=O)c2ccc(Cl)cc2)C1. The van der Waals surface area contributed by atoms with E-state index < -0.39 is 0 Å². The predicted molar refractivity (Wildman–Crippen MR) is 102 cm³/mol. The molecule has 1 heterocycles. The van der Waals surface area contributed by atoms with E-state index >= 15 is 0 Å². The summed E-state index contributed by atoms with van der Waals surface area (Å²) in [5, 5.41) is 0.607. The topological polar surface area (TPSA) is 40.6 Å². The van der Waals surface area contributed by atoms with Crippen molar-refractivity contribution in [2.75, 3.05) is 20.1 Å². The predicted octanol–water partition coefficient (Wildman–Crippen LogP) is 4.02. The molecule has 4 nitrogen and oxygen atoms in total. The average molecular weight is 365 g/mol. The fourth-order valence-electron chi connectivity index (χ4n) is 3.60. The third kappa shape index (κ3) is 5.29. The average Bonchev–Trinajstić information content (AvgIpc) is 3.10. The molecule has 1 atom stereocenters. The molecule has 2 rings (SSSR count). The van der Waals surface area contributed by atoms with Gasteiger partial charge in [0.15, 0.2) is 5.78 Å². The van der Waals surface area contributed by atoms with Crippen LogP contribution in [0.2, 0.25) is 5.02 Å². The number of carbonyl (C=O) groups is 2. The third-order valence-corrected chi connectivity index (χ3v) is 5.58. The number of hydrogen-bond acceptors (Lipinski definition) is 3. The van der Waals surface area contributed by atoms with Crippen molar-refractivity contribution < 1.29 is 9.59 Å². The van der Waals surface area contributed by atoms with Gasteiger partial charge in [0, 0.05) is 55.6 Å². The van der Waals surface area contributed by atoms with E-state index in [4.69, 9.17) is 11.6 Å². The molecule has 0 spiro atoms. The second kappa shape index (κ2) is 9.35. The molecule has 5 heteroatoms. The number of likely N-dealkylation sites (tertiary alicyclic amines) is 1. The van der Waals surface area contributed by atoms with Crippen molar-refractivity contribution in [2.45, 2.75) is 58.0 Å². The summed E-state index contributed by atoms with van der Waals surface area (Å²) in [4.78, 5) is 29.0. The number of carbonyl (C=O) groups excluding carboxylic acids is 2. The summed E-state index contributed by atoms with van der Waals surface area (Å²) in [6, 6.07) is 7.70. The Bertz CT molecular complexity index is 584. The van der Waals surface area contributed by atoms with E-state index in [1.807, 2.05) is 11.9 Å². The van der Waals surface area contributed by atoms with Crippen LogP contribution in [0.3, 0.4) is 0 Å². The highest BCUT2D eigenvalue weighted by atomic mass is 35.5. The molecule has 1 saturated heterocycles. The lowest BCUT2D eigenvalue weighted by atomic mass is 10.1. The second-order valence-electron chi connectivity index (χ2n) is 6.84. The number of hydrogen-bond donors (Lipinski definition) is 0. The lowest BCUT2D eigenvalue weighted by Crippen LogP contribution is -2.41. The van der Waals surface area contributed by atoms with Crippen LogP contribution in [0.15, 0.2) is 24.3 Å². The van der Waals surface area contributed by atoms with E-state index in [9.17, 15) is 9.59 Å². The molecule has 138 valence electrons. The number of rotatable bonds is 8. The first-order valence-electron chi connectivity index (χ1n) is 9.24. The van der Waals surface area contributed by atoms with E-state index in [0.717, 1.165) is 32.4 Å². The van der Waals surface area contributed by atoms with E-state index in [1.165, 1.54) is 0 Å². The monoisotopic (exact) mass is 364 g/mol. The minimum Gasteiger partial charge on any atom is -0.341 e. The molecule has 0 aliphatic carbocycles. The first-order chi connectivity index (χ1) is 12.0. The maximum Gasteiger partial charge on any atom is 0.223 e. The van der Waals surface area contributed by atoms with Gasteiger partial charge in [0.1, 0.15) is 0 Å². The Morgan fingerprint density at radius 1 is 1.20 bits per heavy atom. The standard InChI is InChI=1S/C20H29ClN2O2/c1-4-17(5-2)23-13-12-18(14-23)22(3)20(25)11-10-19(24)15-6-8-16(21)9-7-15/h6-9,17-18H,4-5,10-14H2,1-3H3. The largest absolute Gasteiger partial charge is 0.341 e. The molecule has 1 unspecified atom stereocenters. The van der Waals surface area contributed by atoms with Crippen LogP contribution in [0.4, 0.5) is 0 Å². The molecule has 1 amide bonds. The van der Waals surface area contributed by atoms with Gasteiger partial charge in [-0.1, -0.05) is 25.4 Å². The minimum atomic E-state index is -0.0107. The van der Waals surface area contributed by atoms with Gasteiger partial charge in [0.2, 0.25) is 5.91 Å². The summed E-state index contributed by atoms with van der Waals surface area (Å²) >= 11 is 5.84. The van der Waals surface area contributed by atoms with E-state index in [2.05, 4.69) is 18.7 Å². The summed E-state index contributed by atoms with van der Waals surface area (Å²) in [6.07, 6.45) is 3.82. The van der Waals surface area contributed by atoms with Gasteiger partial charge < -0.3 is 4.90 Å². The number of ketones is 1. The molecule has 0 radical (unpaired) electrons. The van der Waals surface area contributed by atoms with Gasteiger partial charge >= 0.3 is 0 Å². The van der Waals surface area contributed by atoms with Crippen molar-refractivity contribution >= 4 is 23.3 Å². The maximum atomic E-state index is 12.5. The molecule has 0 N–H and O–H groups in total. The number of benzene rings is 1. The van der Waals surface area contributed by atoms with Gasteiger partial charge in [-0.25, -0.2) is 0 Å². The Morgan fingerprint density at radius 3 is 2.44 bits per heavy atom. The van der Waals surface area contributed by atoms with Crippen LogP contribution in [-0.2, 0) is 4.79 Å². The highest BCUT2D eigenvalue weighted by Crippen LogP contribution is 2.21. The van der Waals surface area contributed by atoms with Gasteiger partial charge in [-0.15, -0.1) is 0 Å². The molecule has 1 aromatic rings. The van der Waals surface area contributed by atoms with Gasteiger partial charge in [-0.2, -0.15) is 0 Å². The lowest BCUT2D eigenvalue weighted by molar-refractivity contribution is -0.131. The Morgan fingerprint density at radius 2 is 1.84 bits per heavy atom. The fourth-order valence-corrected chi connectivity index (χ4v) is 3.73. The van der Waals surface area contributed by atoms with Crippen LogP contribution in [-0.4, -0.2) is 53.7 Å². The molecule has 0 bridgehead atoms. The summed E-state index contributed by atoms with van der Waals surface area (Å²) in [6.45, 7) is 6.44. The summed E-state index contributed by atoms with van der Waals surface area (Å²) in [5.41, 5.74) is 0.612. The molecule has 1 aromatic carbocycles.